The molecule has 0 aliphatic carbocycles. The number of amides is 1. The average Bonchev–Trinajstić information content (AvgIpc) is 3.07. The molecule has 1 unspecified atom stereocenters. The van der Waals surface area contributed by atoms with E-state index in [9.17, 15) is 19.5 Å². The first-order valence-electron chi connectivity index (χ1n) is 10.7. The van der Waals surface area contributed by atoms with Gasteiger partial charge in [0.15, 0.2) is 11.5 Å². The van der Waals surface area contributed by atoms with Gasteiger partial charge in [0.25, 0.3) is 5.91 Å². The summed E-state index contributed by atoms with van der Waals surface area (Å²) < 4.78 is 4.75. The Balaban J connectivity index is 1.95. The molecule has 2 aromatic carbocycles. The number of benzene rings is 2. The molecule has 172 valence electrons. The minimum Gasteiger partial charge on any atom is -0.503 e. The number of ketones is 1. The van der Waals surface area contributed by atoms with Crippen molar-refractivity contribution in [3.63, 3.8) is 0 Å². The highest BCUT2D eigenvalue weighted by Gasteiger charge is 2.42. The number of aliphatic hydroxyl groups is 1. The molecular weight excluding hydrogens is 420 g/mol. The standard InChI is InChI=1S/C26H28N2O5/c1-27(2)16-7-17-28-23(19-11-13-20(14-12-19)26(32)33-3)22(24(30)25(28)31)21(29)15-10-18-8-5-4-6-9-18/h4-6,8-15,23,30H,7,16-17H2,1-3H3. The van der Waals surface area contributed by atoms with Crippen molar-refractivity contribution in [2.45, 2.75) is 12.5 Å². The summed E-state index contributed by atoms with van der Waals surface area (Å²) in [5, 5.41) is 10.7. The molecule has 1 amide bonds. The largest absolute Gasteiger partial charge is 0.503 e. The first-order chi connectivity index (χ1) is 15.8. The molecule has 1 aliphatic rings. The second-order valence-corrected chi connectivity index (χ2v) is 8.04. The summed E-state index contributed by atoms with van der Waals surface area (Å²) in [5.41, 5.74) is 1.84. The third-order valence-corrected chi connectivity index (χ3v) is 5.45. The molecular formula is C26H28N2O5. The van der Waals surface area contributed by atoms with Gasteiger partial charge in [0.1, 0.15) is 0 Å². The van der Waals surface area contributed by atoms with Gasteiger partial charge in [-0.1, -0.05) is 48.5 Å². The summed E-state index contributed by atoms with van der Waals surface area (Å²) in [6.45, 7) is 1.11. The Morgan fingerprint density at radius 3 is 2.36 bits per heavy atom. The molecule has 33 heavy (non-hydrogen) atoms. The van der Waals surface area contributed by atoms with Crippen LogP contribution in [0, 0.1) is 0 Å². The predicted molar refractivity (Wildman–Crippen MR) is 126 cm³/mol. The lowest BCUT2D eigenvalue weighted by atomic mass is 9.94. The second-order valence-electron chi connectivity index (χ2n) is 8.04. The first kappa shape index (κ1) is 23.9. The van der Waals surface area contributed by atoms with Crippen LogP contribution in [0.3, 0.4) is 0 Å². The summed E-state index contributed by atoms with van der Waals surface area (Å²) >= 11 is 0. The van der Waals surface area contributed by atoms with E-state index in [0.717, 1.165) is 12.1 Å². The number of carbonyl (C=O) groups excluding carboxylic acids is 3. The lowest BCUT2D eigenvalue weighted by Crippen LogP contribution is -2.33. The Labute approximate surface area is 193 Å². The van der Waals surface area contributed by atoms with Crippen molar-refractivity contribution in [1.82, 2.24) is 9.80 Å². The van der Waals surface area contributed by atoms with E-state index in [4.69, 9.17) is 4.74 Å². The van der Waals surface area contributed by atoms with E-state index in [0.29, 0.717) is 24.1 Å². The molecule has 1 N–H and O–H groups in total. The highest BCUT2D eigenvalue weighted by molar-refractivity contribution is 6.14. The van der Waals surface area contributed by atoms with Gasteiger partial charge in [-0.2, -0.15) is 0 Å². The number of ether oxygens (including phenoxy) is 1. The molecule has 0 radical (unpaired) electrons. The number of methoxy groups -OCH3 is 1. The van der Waals surface area contributed by atoms with Crippen molar-refractivity contribution >= 4 is 23.7 Å². The van der Waals surface area contributed by atoms with E-state index < -0.39 is 29.5 Å². The molecule has 7 nitrogen and oxygen atoms in total. The van der Waals surface area contributed by atoms with Crippen molar-refractivity contribution in [3.8, 4) is 0 Å². The lowest BCUT2D eigenvalue weighted by Gasteiger charge is -2.27. The molecule has 0 spiro atoms. The van der Waals surface area contributed by atoms with Crippen LogP contribution in [0.15, 0.2) is 72.0 Å². The molecule has 1 heterocycles. The number of nitrogens with zero attached hydrogens (tertiary/aromatic N) is 2. The number of rotatable bonds is 9. The van der Waals surface area contributed by atoms with E-state index in [1.54, 1.807) is 30.3 Å². The van der Waals surface area contributed by atoms with E-state index in [1.807, 2.05) is 49.3 Å². The molecule has 0 bridgehead atoms. The van der Waals surface area contributed by atoms with Crippen molar-refractivity contribution in [3.05, 3.63) is 88.7 Å². The van der Waals surface area contributed by atoms with Gasteiger partial charge < -0.3 is 19.6 Å². The zero-order chi connectivity index (χ0) is 24.0. The van der Waals surface area contributed by atoms with Gasteiger partial charge in [-0.15, -0.1) is 0 Å². The normalized spacial score (nSPS) is 16.2. The van der Waals surface area contributed by atoms with Gasteiger partial charge in [0.05, 0.1) is 24.3 Å². The van der Waals surface area contributed by atoms with Crippen LogP contribution in [-0.2, 0) is 14.3 Å². The number of hydrogen-bond acceptors (Lipinski definition) is 6. The van der Waals surface area contributed by atoms with E-state index in [2.05, 4.69) is 0 Å². The van der Waals surface area contributed by atoms with E-state index >= 15 is 0 Å². The molecule has 2 aromatic rings. The van der Waals surface area contributed by atoms with Crippen LogP contribution in [0.4, 0.5) is 0 Å². The Kier molecular flexibility index (Phi) is 7.79. The van der Waals surface area contributed by atoms with E-state index in [-0.39, 0.29) is 5.57 Å². The Morgan fingerprint density at radius 2 is 1.76 bits per heavy atom. The molecule has 0 saturated carbocycles. The predicted octanol–water partition coefficient (Wildman–Crippen LogP) is 3.40. The third-order valence-electron chi connectivity index (χ3n) is 5.45. The zero-order valence-electron chi connectivity index (χ0n) is 19.0. The molecule has 1 aliphatic heterocycles. The van der Waals surface area contributed by atoms with Gasteiger partial charge in [-0.05, 0) is 56.4 Å². The zero-order valence-corrected chi connectivity index (χ0v) is 19.0. The minimum absolute atomic E-state index is 0.0304. The topological polar surface area (TPSA) is 87.2 Å². The fourth-order valence-corrected chi connectivity index (χ4v) is 3.78. The van der Waals surface area contributed by atoms with Crippen molar-refractivity contribution < 1.29 is 24.2 Å². The second kappa shape index (κ2) is 10.7. The number of esters is 1. The summed E-state index contributed by atoms with van der Waals surface area (Å²) in [5.74, 6) is -2.04. The summed E-state index contributed by atoms with van der Waals surface area (Å²) in [4.78, 5) is 41.4. The Bertz CT molecular complexity index is 1070. The monoisotopic (exact) mass is 448 g/mol. The number of aliphatic hydroxyl groups excluding tert-OH is 1. The Hall–Kier alpha value is -3.71. The van der Waals surface area contributed by atoms with Crippen LogP contribution in [0.2, 0.25) is 0 Å². The van der Waals surface area contributed by atoms with Crippen molar-refractivity contribution in [2.24, 2.45) is 0 Å². The van der Waals surface area contributed by atoms with Crippen LogP contribution < -0.4 is 0 Å². The molecule has 0 saturated heterocycles. The fraction of sp³-hybridized carbons (Fsp3) is 0.269. The van der Waals surface area contributed by atoms with Gasteiger partial charge in [-0.3, -0.25) is 9.59 Å². The SMILES string of the molecule is COC(=O)c1ccc(C2C(C(=O)C=Cc3ccccc3)=C(O)C(=O)N2CCCN(C)C)cc1. The van der Waals surface area contributed by atoms with Crippen LogP contribution in [-0.4, -0.2) is 66.9 Å². The van der Waals surface area contributed by atoms with Gasteiger partial charge >= 0.3 is 5.97 Å². The van der Waals surface area contributed by atoms with Gasteiger partial charge in [-0.25, -0.2) is 4.79 Å². The first-order valence-corrected chi connectivity index (χ1v) is 10.7. The molecule has 0 fully saturated rings. The van der Waals surface area contributed by atoms with E-state index in [1.165, 1.54) is 18.1 Å². The highest BCUT2D eigenvalue weighted by atomic mass is 16.5. The third kappa shape index (κ3) is 5.56. The van der Waals surface area contributed by atoms with Crippen LogP contribution in [0.25, 0.3) is 6.08 Å². The lowest BCUT2D eigenvalue weighted by molar-refractivity contribution is -0.129. The van der Waals surface area contributed by atoms with Crippen LogP contribution in [0.5, 0.6) is 0 Å². The molecule has 3 rings (SSSR count). The smallest absolute Gasteiger partial charge is 0.337 e. The van der Waals surface area contributed by atoms with Crippen molar-refractivity contribution in [1.29, 1.82) is 0 Å². The summed E-state index contributed by atoms with van der Waals surface area (Å²) in [6, 6.07) is 15.1. The van der Waals surface area contributed by atoms with Gasteiger partial charge in [0.2, 0.25) is 0 Å². The molecule has 0 aromatic heterocycles. The van der Waals surface area contributed by atoms with Gasteiger partial charge in [0, 0.05) is 6.54 Å². The minimum atomic E-state index is -0.751. The number of allylic oxidation sites excluding steroid dienone is 1. The number of hydrogen-bond donors (Lipinski definition) is 1. The maximum Gasteiger partial charge on any atom is 0.337 e. The number of carbonyl (C=O) groups is 3. The Morgan fingerprint density at radius 1 is 1.09 bits per heavy atom. The van der Waals surface area contributed by atoms with Crippen LogP contribution >= 0.6 is 0 Å². The van der Waals surface area contributed by atoms with Crippen LogP contribution in [0.1, 0.15) is 33.9 Å². The molecule has 1 atom stereocenters. The summed E-state index contributed by atoms with van der Waals surface area (Å²) in [7, 11) is 5.18. The summed E-state index contributed by atoms with van der Waals surface area (Å²) in [6.07, 6.45) is 3.69. The quantitative estimate of drug-likeness (QED) is 0.467. The molecule has 7 heteroatoms. The fourth-order valence-electron chi connectivity index (χ4n) is 3.78. The average molecular weight is 449 g/mol. The maximum absolute atomic E-state index is 13.1. The maximum atomic E-state index is 13.1. The van der Waals surface area contributed by atoms with Crippen molar-refractivity contribution in [2.75, 3.05) is 34.3 Å². The highest BCUT2D eigenvalue weighted by Crippen LogP contribution is 2.38.